The van der Waals surface area contributed by atoms with Gasteiger partial charge in [-0.1, -0.05) is 133 Å². The van der Waals surface area contributed by atoms with Crippen LogP contribution in [0.1, 0.15) is 23.6 Å². The van der Waals surface area contributed by atoms with Crippen LogP contribution in [0.3, 0.4) is 0 Å². The Hall–Kier alpha value is -6.18. The fourth-order valence-corrected chi connectivity index (χ4v) is 8.93. The van der Waals surface area contributed by atoms with Crippen molar-refractivity contribution in [2.45, 2.75) is 12.3 Å². The van der Waals surface area contributed by atoms with E-state index in [0.29, 0.717) is 0 Å². The van der Waals surface area contributed by atoms with E-state index in [0.717, 1.165) is 21.9 Å². The van der Waals surface area contributed by atoms with E-state index in [1.807, 2.05) is 6.07 Å². The quantitative estimate of drug-likeness (QED) is 0.138. The molecular formula is C48H30O. The highest BCUT2D eigenvalue weighted by Crippen LogP contribution is 2.56. The van der Waals surface area contributed by atoms with Gasteiger partial charge in [0.05, 0.1) is 0 Å². The Morgan fingerprint density at radius 3 is 1.88 bits per heavy atom. The average Bonchev–Trinajstić information content (AvgIpc) is 3.66. The molecule has 0 amide bonds. The van der Waals surface area contributed by atoms with Gasteiger partial charge < -0.3 is 4.42 Å². The molecule has 228 valence electrons. The van der Waals surface area contributed by atoms with E-state index in [2.05, 4.69) is 165 Å². The SMILES string of the molecule is CC1(c2ccc3oc4ccccc4c3c2)c2cc(-c3c4ccccc4cc4c3ccc3ccccc34)ccc2-c2c1ccc1ccccc21. The number of rotatable bonds is 2. The van der Waals surface area contributed by atoms with Gasteiger partial charge in [0.2, 0.25) is 0 Å². The molecule has 0 aliphatic heterocycles. The first-order valence-electron chi connectivity index (χ1n) is 17.1. The van der Waals surface area contributed by atoms with Crippen molar-refractivity contribution in [1.29, 1.82) is 0 Å². The van der Waals surface area contributed by atoms with Gasteiger partial charge in [-0.2, -0.15) is 0 Å². The molecule has 11 rings (SSSR count). The summed E-state index contributed by atoms with van der Waals surface area (Å²) < 4.78 is 6.29. The van der Waals surface area contributed by atoms with Gasteiger partial charge in [-0.3, -0.25) is 0 Å². The van der Waals surface area contributed by atoms with Crippen molar-refractivity contribution in [2.24, 2.45) is 0 Å². The Morgan fingerprint density at radius 1 is 0.388 bits per heavy atom. The van der Waals surface area contributed by atoms with Crippen LogP contribution in [-0.2, 0) is 5.41 Å². The van der Waals surface area contributed by atoms with Crippen molar-refractivity contribution in [3.05, 3.63) is 180 Å². The monoisotopic (exact) mass is 622 g/mol. The lowest BCUT2D eigenvalue weighted by atomic mass is 9.73. The summed E-state index contributed by atoms with van der Waals surface area (Å²) in [5, 5.41) is 12.6. The van der Waals surface area contributed by atoms with Gasteiger partial charge in [0.15, 0.2) is 0 Å². The van der Waals surface area contributed by atoms with E-state index in [9.17, 15) is 0 Å². The maximum Gasteiger partial charge on any atom is 0.135 e. The van der Waals surface area contributed by atoms with Gasteiger partial charge in [-0.25, -0.2) is 0 Å². The molecule has 0 fully saturated rings. The highest BCUT2D eigenvalue weighted by atomic mass is 16.3. The summed E-state index contributed by atoms with van der Waals surface area (Å²) in [5.74, 6) is 0. The summed E-state index contributed by atoms with van der Waals surface area (Å²) in [7, 11) is 0. The second kappa shape index (κ2) is 9.69. The van der Waals surface area contributed by atoms with Crippen LogP contribution in [0.15, 0.2) is 168 Å². The summed E-state index contributed by atoms with van der Waals surface area (Å²) >= 11 is 0. The molecule has 1 aromatic heterocycles. The molecule has 1 aliphatic rings. The molecule has 9 aromatic carbocycles. The molecule has 1 heteroatoms. The molecule has 0 saturated carbocycles. The van der Waals surface area contributed by atoms with Crippen LogP contribution >= 0.6 is 0 Å². The Balaban J connectivity index is 1.24. The minimum absolute atomic E-state index is 0.385. The fraction of sp³-hybridized carbons (Fsp3) is 0.0417. The Bertz CT molecular complexity index is 3010. The molecule has 1 nitrogen and oxygen atoms in total. The van der Waals surface area contributed by atoms with E-state index in [1.54, 1.807) is 0 Å². The topological polar surface area (TPSA) is 13.1 Å². The van der Waals surface area contributed by atoms with E-state index in [4.69, 9.17) is 4.42 Å². The minimum atomic E-state index is -0.385. The maximum absolute atomic E-state index is 6.29. The molecule has 0 spiro atoms. The van der Waals surface area contributed by atoms with E-state index in [-0.39, 0.29) is 5.41 Å². The van der Waals surface area contributed by atoms with Crippen LogP contribution < -0.4 is 0 Å². The number of benzene rings is 9. The molecule has 0 bridgehead atoms. The largest absolute Gasteiger partial charge is 0.456 e. The van der Waals surface area contributed by atoms with Crippen molar-refractivity contribution >= 4 is 65.0 Å². The molecule has 0 radical (unpaired) electrons. The summed E-state index contributed by atoms with van der Waals surface area (Å²) in [6, 6.07) is 60.5. The van der Waals surface area contributed by atoms with E-state index >= 15 is 0 Å². The molecule has 1 unspecified atom stereocenters. The molecule has 1 aliphatic carbocycles. The number of hydrogen-bond donors (Lipinski definition) is 0. The van der Waals surface area contributed by atoms with Gasteiger partial charge >= 0.3 is 0 Å². The molecule has 1 atom stereocenters. The first-order chi connectivity index (χ1) is 24.2. The maximum atomic E-state index is 6.29. The number of fused-ring (bicyclic) bond motifs is 12. The van der Waals surface area contributed by atoms with Crippen LogP contribution in [0.5, 0.6) is 0 Å². The first kappa shape index (κ1) is 26.8. The zero-order valence-electron chi connectivity index (χ0n) is 27.0. The summed E-state index contributed by atoms with van der Waals surface area (Å²) in [6.45, 7) is 2.42. The van der Waals surface area contributed by atoms with Crippen molar-refractivity contribution in [3.63, 3.8) is 0 Å². The predicted molar refractivity (Wildman–Crippen MR) is 207 cm³/mol. The van der Waals surface area contributed by atoms with Gasteiger partial charge in [0.25, 0.3) is 0 Å². The normalized spacial score (nSPS) is 15.5. The highest BCUT2D eigenvalue weighted by molar-refractivity contribution is 6.20. The lowest BCUT2D eigenvalue weighted by Crippen LogP contribution is -2.22. The molecular weight excluding hydrogens is 593 g/mol. The zero-order chi connectivity index (χ0) is 32.3. The zero-order valence-corrected chi connectivity index (χ0v) is 27.0. The third-order valence-electron chi connectivity index (χ3n) is 11.3. The summed E-state index contributed by atoms with van der Waals surface area (Å²) in [4.78, 5) is 0. The summed E-state index contributed by atoms with van der Waals surface area (Å²) in [6.07, 6.45) is 0. The van der Waals surface area contributed by atoms with Crippen LogP contribution in [0, 0.1) is 0 Å². The highest BCUT2D eigenvalue weighted by Gasteiger charge is 2.42. The first-order valence-corrected chi connectivity index (χ1v) is 17.1. The lowest BCUT2D eigenvalue weighted by molar-refractivity contribution is 0.667. The second-order valence-electron chi connectivity index (χ2n) is 13.8. The molecule has 49 heavy (non-hydrogen) atoms. The lowest BCUT2D eigenvalue weighted by Gasteiger charge is -2.29. The van der Waals surface area contributed by atoms with Crippen molar-refractivity contribution in [2.75, 3.05) is 0 Å². The van der Waals surface area contributed by atoms with Crippen LogP contribution in [0.4, 0.5) is 0 Å². The van der Waals surface area contributed by atoms with Crippen LogP contribution in [-0.4, -0.2) is 0 Å². The van der Waals surface area contributed by atoms with Crippen LogP contribution in [0.25, 0.3) is 87.3 Å². The van der Waals surface area contributed by atoms with Crippen LogP contribution in [0.2, 0.25) is 0 Å². The van der Waals surface area contributed by atoms with Gasteiger partial charge in [0, 0.05) is 16.2 Å². The predicted octanol–water partition coefficient (Wildman–Crippen LogP) is 13.2. The minimum Gasteiger partial charge on any atom is -0.456 e. The van der Waals surface area contributed by atoms with Gasteiger partial charge in [0.1, 0.15) is 11.2 Å². The molecule has 1 heterocycles. The smallest absolute Gasteiger partial charge is 0.135 e. The Labute approximate surface area is 283 Å². The third-order valence-corrected chi connectivity index (χ3v) is 11.3. The Morgan fingerprint density at radius 2 is 1.04 bits per heavy atom. The van der Waals surface area contributed by atoms with Gasteiger partial charge in [-0.15, -0.1) is 0 Å². The molecule has 0 N–H and O–H groups in total. The fourth-order valence-electron chi connectivity index (χ4n) is 8.93. The summed E-state index contributed by atoms with van der Waals surface area (Å²) in [5.41, 5.74) is 10.6. The van der Waals surface area contributed by atoms with Crippen molar-refractivity contribution < 1.29 is 4.42 Å². The van der Waals surface area contributed by atoms with E-state index in [1.165, 1.54) is 82.0 Å². The average molecular weight is 623 g/mol. The number of para-hydroxylation sites is 1. The molecule has 10 aromatic rings. The number of hydrogen-bond acceptors (Lipinski definition) is 1. The number of furan rings is 1. The van der Waals surface area contributed by atoms with E-state index < -0.39 is 0 Å². The Kier molecular flexibility index (Phi) is 5.31. The van der Waals surface area contributed by atoms with Crippen molar-refractivity contribution in [1.82, 2.24) is 0 Å². The second-order valence-corrected chi connectivity index (χ2v) is 13.8. The third kappa shape index (κ3) is 3.59. The standard InChI is InChI=1S/C48H30O/c1-48(33-21-25-45-41(28-33)37-16-8-9-17-44(37)49-45)42-24-20-30-11-3-6-14-35(30)47(42)39-23-19-32(27-43(39)48)46-36-15-7-4-12-31(36)26-40-34-13-5-2-10-29(34)18-22-38(40)46/h2-28H,1H3. The van der Waals surface area contributed by atoms with Crippen molar-refractivity contribution in [3.8, 4) is 22.3 Å². The molecule has 0 saturated heterocycles. The van der Waals surface area contributed by atoms with Gasteiger partial charge in [-0.05, 0) is 119 Å².